The first-order valence-corrected chi connectivity index (χ1v) is 8.64. The molecule has 2 aromatic rings. The predicted octanol–water partition coefficient (Wildman–Crippen LogP) is 1.15. The zero-order valence-electron chi connectivity index (χ0n) is 14.7. The fraction of sp³-hybridized carbons (Fsp3) is 0.647. The molecule has 2 N–H and O–H groups in total. The van der Waals surface area contributed by atoms with Crippen LogP contribution in [-0.2, 0) is 26.2 Å². The number of aryl methyl sites for hydroxylation is 1. The molecule has 0 unspecified atom stereocenters. The second kappa shape index (κ2) is 7.04. The van der Waals surface area contributed by atoms with Crippen LogP contribution in [-0.4, -0.2) is 47.8 Å². The highest BCUT2D eigenvalue weighted by Crippen LogP contribution is 2.22. The van der Waals surface area contributed by atoms with Crippen LogP contribution in [0.25, 0.3) is 0 Å². The van der Waals surface area contributed by atoms with Crippen LogP contribution in [0.15, 0.2) is 6.07 Å². The highest BCUT2D eigenvalue weighted by atomic mass is 16.3. The molecule has 0 saturated heterocycles. The highest BCUT2D eigenvalue weighted by molar-refractivity contribution is 5.25. The summed E-state index contributed by atoms with van der Waals surface area (Å²) in [7, 11) is 0. The van der Waals surface area contributed by atoms with Gasteiger partial charge in [-0.2, -0.15) is 10.2 Å². The third kappa shape index (κ3) is 3.24. The molecule has 2 aromatic heterocycles. The van der Waals surface area contributed by atoms with Gasteiger partial charge in [-0.05, 0) is 26.3 Å². The average molecular weight is 333 g/mol. The molecule has 132 valence electrons. The minimum absolute atomic E-state index is 0.104. The third-order valence-electron chi connectivity index (χ3n) is 4.85. The van der Waals surface area contributed by atoms with Crippen molar-refractivity contribution in [3.8, 4) is 0 Å². The van der Waals surface area contributed by atoms with E-state index in [-0.39, 0.29) is 6.61 Å². The van der Waals surface area contributed by atoms with Gasteiger partial charge in [0.2, 0.25) is 0 Å². The second-order valence-electron chi connectivity index (χ2n) is 6.51. The maximum atomic E-state index is 9.98. The first-order valence-electron chi connectivity index (χ1n) is 8.64. The molecule has 0 bridgehead atoms. The summed E-state index contributed by atoms with van der Waals surface area (Å²) in [6.07, 6.45) is 0.209. The van der Waals surface area contributed by atoms with Crippen molar-refractivity contribution >= 4 is 0 Å². The van der Waals surface area contributed by atoms with Crippen LogP contribution in [0, 0.1) is 13.8 Å². The van der Waals surface area contributed by atoms with E-state index in [9.17, 15) is 5.11 Å². The van der Waals surface area contributed by atoms with Gasteiger partial charge in [0.25, 0.3) is 0 Å². The van der Waals surface area contributed by atoms with Crippen LogP contribution in [0.3, 0.4) is 0 Å². The topological polar surface area (TPSA) is 79.3 Å². The second-order valence-corrected chi connectivity index (χ2v) is 6.51. The summed E-state index contributed by atoms with van der Waals surface area (Å²) in [4.78, 5) is 2.39. The maximum Gasteiger partial charge on any atom is 0.0975 e. The number of hydrogen-bond acceptors (Lipinski definition) is 5. The van der Waals surface area contributed by atoms with Crippen LogP contribution in [0.5, 0.6) is 0 Å². The van der Waals surface area contributed by atoms with E-state index in [1.807, 2.05) is 29.3 Å². The van der Waals surface area contributed by atoms with E-state index in [4.69, 9.17) is 5.11 Å². The lowest BCUT2D eigenvalue weighted by Gasteiger charge is -2.27. The Balaban J connectivity index is 1.73. The van der Waals surface area contributed by atoms with Crippen LogP contribution in [0.1, 0.15) is 47.8 Å². The summed E-state index contributed by atoms with van der Waals surface area (Å²) < 4.78 is 3.90. The van der Waals surface area contributed by atoms with Crippen LogP contribution in [0.4, 0.5) is 0 Å². The molecule has 0 amide bonds. The molecule has 3 rings (SSSR count). The quantitative estimate of drug-likeness (QED) is 0.829. The number of hydrogen-bond donors (Lipinski definition) is 2. The Morgan fingerprint density at radius 1 is 1.25 bits per heavy atom. The van der Waals surface area contributed by atoms with Gasteiger partial charge in [0.05, 0.1) is 42.9 Å². The van der Waals surface area contributed by atoms with Gasteiger partial charge in [-0.1, -0.05) is 6.92 Å². The van der Waals surface area contributed by atoms with Gasteiger partial charge in [-0.15, -0.1) is 0 Å². The van der Waals surface area contributed by atoms with Gasteiger partial charge in [0.1, 0.15) is 0 Å². The van der Waals surface area contributed by atoms with E-state index in [1.165, 1.54) is 5.56 Å². The zero-order valence-corrected chi connectivity index (χ0v) is 14.7. The molecule has 1 aliphatic heterocycles. The first kappa shape index (κ1) is 17.1. The van der Waals surface area contributed by atoms with E-state index >= 15 is 0 Å². The van der Waals surface area contributed by atoms with E-state index in [0.717, 1.165) is 49.0 Å². The lowest BCUT2D eigenvalue weighted by Crippen LogP contribution is -2.33. The van der Waals surface area contributed by atoms with E-state index in [0.29, 0.717) is 13.0 Å². The van der Waals surface area contributed by atoms with Gasteiger partial charge in [-0.3, -0.25) is 14.3 Å². The van der Waals surface area contributed by atoms with Crippen molar-refractivity contribution in [1.82, 2.24) is 24.5 Å². The standard InChI is InChI=1S/C17H27N5O2/c1-4-17(24)16-9-14-10-20(5-6-22(14)19-16)11-15-12(2)18-21(7-8-23)13(15)3/h9,17,23-24H,4-8,10-11H2,1-3H3/t17-/m1/s1. The Kier molecular flexibility index (Phi) is 5.03. The molecule has 7 nitrogen and oxygen atoms in total. The summed E-state index contributed by atoms with van der Waals surface area (Å²) in [6.45, 7) is 10.1. The molecule has 0 radical (unpaired) electrons. The third-order valence-corrected chi connectivity index (χ3v) is 4.85. The predicted molar refractivity (Wildman–Crippen MR) is 90.4 cm³/mol. The molecular weight excluding hydrogens is 306 g/mol. The molecular formula is C17H27N5O2. The molecule has 0 aromatic carbocycles. The van der Waals surface area contributed by atoms with Gasteiger partial charge in [0, 0.05) is 30.9 Å². The monoisotopic (exact) mass is 333 g/mol. The molecule has 0 aliphatic carbocycles. The largest absolute Gasteiger partial charge is 0.394 e. The van der Waals surface area contributed by atoms with Crippen molar-refractivity contribution in [3.05, 3.63) is 34.4 Å². The summed E-state index contributed by atoms with van der Waals surface area (Å²) in [5.41, 5.74) is 5.33. The van der Waals surface area contributed by atoms with E-state index in [2.05, 4.69) is 22.0 Å². The first-order chi connectivity index (χ1) is 11.5. The zero-order chi connectivity index (χ0) is 17.3. The van der Waals surface area contributed by atoms with Gasteiger partial charge in [-0.25, -0.2) is 0 Å². The number of rotatable bonds is 6. The van der Waals surface area contributed by atoms with Crippen molar-refractivity contribution in [2.75, 3.05) is 13.2 Å². The average Bonchev–Trinajstić information content (AvgIpc) is 3.11. The van der Waals surface area contributed by atoms with Gasteiger partial charge >= 0.3 is 0 Å². The van der Waals surface area contributed by atoms with Crippen molar-refractivity contribution in [2.45, 2.75) is 59.5 Å². The number of nitrogens with zero attached hydrogens (tertiary/aromatic N) is 5. The summed E-state index contributed by atoms with van der Waals surface area (Å²) in [5.74, 6) is 0. The number of aromatic nitrogens is 4. The van der Waals surface area contributed by atoms with Crippen LogP contribution < -0.4 is 0 Å². The summed E-state index contributed by atoms with van der Waals surface area (Å²) in [6, 6.07) is 2.02. The highest BCUT2D eigenvalue weighted by Gasteiger charge is 2.22. The summed E-state index contributed by atoms with van der Waals surface area (Å²) >= 11 is 0. The minimum atomic E-state index is -0.474. The van der Waals surface area contributed by atoms with E-state index in [1.54, 1.807) is 0 Å². The number of aliphatic hydroxyl groups is 2. The molecule has 1 atom stereocenters. The molecule has 0 spiro atoms. The molecule has 3 heterocycles. The Hall–Kier alpha value is -1.70. The Labute approximate surface area is 142 Å². The molecule has 24 heavy (non-hydrogen) atoms. The fourth-order valence-corrected chi connectivity index (χ4v) is 3.35. The van der Waals surface area contributed by atoms with Crippen molar-refractivity contribution in [3.63, 3.8) is 0 Å². The lowest BCUT2D eigenvalue weighted by molar-refractivity contribution is 0.166. The minimum Gasteiger partial charge on any atom is -0.394 e. The Bertz CT molecular complexity index is 706. The number of aliphatic hydroxyl groups excluding tert-OH is 2. The number of fused-ring (bicyclic) bond motifs is 1. The fourth-order valence-electron chi connectivity index (χ4n) is 3.35. The Morgan fingerprint density at radius 3 is 2.75 bits per heavy atom. The Morgan fingerprint density at radius 2 is 2.04 bits per heavy atom. The normalized spacial score (nSPS) is 16.4. The summed E-state index contributed by atoms with van der Waals surface area (Å²) in [5, 5.41) is 28.2. The molecule has 7 heteroatoms. The SMILES string of the molecule is CC[C@@H](O)c1cc2n(n1)CCN(Cc1c(C)nn(CCO)c1C)C2. The van der Waals surface area contributed by atoms with Gasteiger partial charge in [0.15, 0.2) is 0 Å². The van der Waals surface area contributed by atoms with Crippen LogP contribution in [0.2, 0.25) is 0 Å². The van der Waals surface area contributed by atoms with Crippen LogP contribution >= 0.6 is 0 Å². The lowest BCUT2D eigenvalue weighted by atomic mass is 10.1. The van der Waals surface area contributed by atoms with E-state index < -0.39 is 6.10 Å². The maximum absolute atomic E-state index is 9.98. The van der Waals surface area contributed by atoms with Gasteiger partial charge < -0.3 is 10.2 Å². The van der Waals surface area contributed by atoms with Crippen molar-refractivity contribution < 1.29 is 10.2 Å². The van der Waals surface area contributed by atoms with Crippen molar-refractivity contribution in [1.29, 1.82) is 0 Å². The molecule has 0 fully saturated rings. The molecule has 1 aliphatic rings. The smallest absolute Gasteiger partial charge is 0.0975 e. The molecule has 0 saturated carbocycles. The van der Waals surface area contributed by atoms with Crippen molar-refractivity contribution in [2.24, 2.45) is 0 Å².